The zero-order valence-corrected chi connectivity index (χ0v) is 17.4. The van der Waals surface area contributed by atoms with Crippen LogP contribution in [0.3, 0.4) is 0 Å². The molecular weight excluding hydrogens is 394 g/mol. The molecule has 0 radical (unpaired) electrons. The second-order valence-electron chi connectivity index (χ2n) is 8.26. The molecule has 9 nitrogen and oxygen atoms in total. The third-order valence-corrected chi connectivity index (χ3v) is 6.14. The second kappa shape index (κ2) is 8.99. The Morgan fingerprint density at radius 3 is 2.77 bits per heavy atom. The van der Waals surface area contributed by atoms with Crippen molar-refractivity contribution in [1.29, 1.82) is 0 Å². The number of benzene rings is 1. The lowest BCUT2D eigenvalue weighted by Gasteiger charge is -2.24. The lowest BCUT2D eigenvalue weighted by Crippen LogP contribution is -2.38. The number of aromatic hydroxyl groups is 1. The summed E-state index contributed by atoms with van der Waals surface area (Å²) in [5.41, 5.74) is 2.96. The molecule has 0 bridgehead atoms. The Hall–Kier alpha value is -3.04. The van der Waals surface area contributed by atoms with E-state index in [0.29, 0.717) is 29.2 Å². The maximum absolute atomic E-state index is 10.5. The van der Waals surface area contributed by atoms with Crippen LogP contribution in [-0.4, -0.2) is 69.4 Å². The zero-order valence-electron chi connectivity index (χ0n) is 17.4. The minimum atomic E-state index is 0.142. The van der Waals surface area contributed by atoms with Crippen molar-refractivity contribution in [3.05, 3.63) is 36.8 Å². The van der Waals surface area contributed by atoms with Crippen molar-refractivity contribution >= 4 is 5.95 Å². The van der Waals surface area contributed by atoms with E-state index in [1.54, 1.807) is 24.7 Å². The summed E-state index contributed by atoms with van der Waals surface area (Å²) in [5.74, 6) is 1.38. The molecule has 3 aromatic rings. The molecule has 2 aromatic heterocycles. The Balaban J connectivity index is 1.20. The molecule has 2 aliphatic rings. The molecule has 2 aliphatic heterocycles. The van der Waals surface area contributed by atoms with Crippen LogP contribution in [0.25, 0.3) is 22.4 Å². The van der Waals surface area contributed by atoms with Crippen LogP contribution in [0, 0.1) is 5.92 Å². The molecule has 0 aliphatic carbocycles. The minimum Gasteiger partial charge on any atom is -0.507 e. The van der Waals surface area contributed by atoms with Gasteiger partial charge in [0.15, 0.2) is 0 Å². The summed E-state index contributed by atoms with van der Waals surface area (Å²) in [5, 5.41) is 29.6. The number of aromatic amines is 1. The average molecular weight is 422 g/mol. The average Bonchev–Trinajstić information content (AvgIpc) is 3.51. The molecule has 4 heterocycles. The van der Waals surface area contributed by atoms with Crippen LogP contribution in [0.4, 0.5) is 5.95 Å². The zero-order chi connectivity index (χ0) is 21.0. The van der Waals surface area contributed by atoms with Crippen LogP contribution in [0.15, 0.2) is 36.8 Å². The van der Waals surface area contributed by atoms with Gasteiger partial charge in [-0.25, -0.2) is 4.98 Å². The van der Waals surface area contributed by atoms with Crippen LogP contribution >= 0.6 is 0 Å². The summed E-state index contributed by atoms with van der Waals surface area (Å²) < 4.78 is 5.43. The Bertz CT molecular complexity index is 988. The number of anilines is 1. The van der Waals surface area contributed by atoms with Crippen molar-refractivity contribution in [2.24, 2.45) is 5.92 Å². The number of phenolic OH excluding ortho intramolecular Hbond substituents is 1. The van der Waals surface area contributed by atoms with Gasteiger partial charge in [0, 0.05) is 49.7 Å². The van der Waals surface area contributed by atoms with Gasteiger partial charge >= 0.3 is 0 Å². The van der Waals surface area contributed by atoms with E-state index in [1.165, 1.54) is 0 Å². The summed E-state index contributed by atoms with van der Waals surface area (Å²) in [7, 11) is 0. The molecule has 0 saturated carbocycles. The molecule has 0 amide bonds. The molecule has 162 valence electrons. The normalized spacial score (nSPS) is 19.7. The minimum absolute atomic E-state index is 0.142. The first-order valence-electron chi connectivity index (χ1n) is 10.8. The van der Waals surface area contributed by atoms with E-state index in [1.807, 2.05) is 12.1 Å². The van der Waals surface area contributed by atoms with Crippen LogP contribution < -0.4 is 10.2 Å². The van der Waals surface area contributed by atoms with Gasteiger partial charge in [-0.15, -0.1) is 10.2 Å². The number of phenols is 1. The topological polar surface area (TPSA) is 112 Å². The van der Waals surface area contributed by atoms with Gasteiger partial charge < -0.3 is 20.1 Å². The molecule has 2 saturated heterocycles. The third-order valence-electron chi connectivity index (χ3n) is 6.14. The van der Waals surface area contributed by atoms with Crippen molar-refractivity contribution in [2.75, 3.05) is 37.7 Å². The highest BCUT2D eigenvalue weighted by atomic mass is 16.5. The summed E-state index contributed by atoms with van der Waals surface area (Å²) in [4.78, 5) is 6.71. The van der Waals surface area contributed by atoms with E-state index in [2.05, 4.69) is 35.6 Å². The van der Waals surface area contributed by atoms with Crippen molar-refractivity contribution in [2.45, 2.75) is 25.3 Å². The molecule has 1 atom stereocenters. The highest BCUT2D eigenvalue weighted by Crippen LogP contribution is 2.32. The number of aromatic nitrogens is 5. The summed E-state index contributed by atoms with van der Waals surface area (Å²) >= 11 is 0. The fourth-order valence-corrected chi connectivity index (χ4v) is 4.29. The van der Waals surface area contributed by atoms with Gasteiger partial charge in [0.25, 0.3) is 0 Å². The van der Waals surface area contributed by atoms with Gasteiger partial charge in [-0.05, 0) is 49.4 Å². The van der Waals surface area contributed by atoms with Crippen LogP contribution in [-0.2, 0) is 4.74 Å². The Morgan fingerprint density at radius 1 is 1.13 bits per heavy atom. The van der Waals surface area contributed by atoms with Crippen molar-refractivity contribution in [1.82, 2.24) is 30.7 Å². The fourth-order valence-electron chi connectivity index (χ4n) is 4.29. The van der Waals surface area contributed by atoms with E-state index in [4.69, 9.17) is 4.74 Å². The number of ether oxygens (including phenoxy) is 1. The van der Waals surface area contributed by atoms with E-state index in [9.17, 15) is 5.11 Å². The standard InChI is InChI=1S/C22H27N7O2/c30-21-9-16(17-11-25-26-12-17)1-2-19(21)20-13-24-22(28-27-20)29-6-3-15(14-29)10-23-18-4-7-31-8-5-18/h1-2,9,11-13,15,18,23,30H,3-8,10,14H2,(H,25,26)/t15-/m0/s1. The predicted octanol–water partition coefficient (Wildman–Crippen LogP) is 2.23. The van der Waals surface area contributed by atoms with Crippen LogP contribution in [0.2, 0.25) is 0 Å². The van der Waals surface area contributed by atoms with E-state index >= 15 is 0 Å². The summed E-state index contributed by atoms with van der Waals surface area (Å²) in [6, 6.07) is 6.03. The molecule has 5 rings (SSSR count). The highest BCUT2D eigenvalue weighted by Gasteiger charge is 2.26. The van der Waals surface area contributed by atoms with Gasteiger partial charge in [0.05, 0.1) is 12.4 Å². The fraction of sp³-hybridized carbons (Fsp3) is 0.455. The molecule has 9 heteroatoms. The van der Waals surface area contributed by atoms with Crippen molar-refractivity contribution in [3.63, 3.8) is 0 Å². The summed E-state index contributed by atoms with van der Waals surface area (Å²) in [6.07, 6.45) is 8.50. The first-order chi connectivity index (χ1) is 15.3. The predicted molar refractivity (Wildman–Crippen MR) is 117 cm³/mol. The molecule has 2 fully saturated rings. The highest BCUT2D eigenvalue weighted by molar-refractivity contribution is 5.73. The molecule has 0 spiro atoms. The van der Waals surface area contributed by atoms with Crippen LogP contribution in [0.1, 0.15) is 19.3 Å². The van der Waals surface area contributed by atoms with E-state index < -0.39 is 0 Å². The molecule has 3 N–H and O–H groups in total. The largest absolute Gasteiger partial charge is 0.507 e. The number of hydrogen-bond acceptors (Lipinski definition) is 8. The van der Waals surface area contributed by atoms with Crippen molar-refractivity contribution < 1.29 is 9.84 Å². The van der Waals surface area contributed by atoms with Gasteiger partial charge in [-0.2, -0.15) is 5.10 Å². The number of nitrogens with one attached hydrogen (secondary N) is 2. The Morgan fingerprint density at radius 2 is 2.03 bits per heavy atom. The monoisotopic (exact) mass is 421 g/mol. The lowest BCUT2D eigenvalue weighted by atomic mass is 10.0. The Kier molecular flexibility index (Phi) is 5.77. The Labute approximate surface area is 180 Å². The number of H-pyrrole nitrogens is 1. The molecule has 31 heavy (non-hydrogen) atoms. The third kappa shape index (κ3) is 4.52. The number of rotatable bonds is 6. The lowest BCUT2D eigenvalue weighted by molar-refractivity contribution is 0.0771. The van der Waals surface area contributed by atoms with Gasteiger partial charge in [0.2, 0.25) is 5.95 Å². The number of hydrogen-bond donors (Lipinski definition) is 3. The molecular formula is C22H27N7O2. The van der Waals surface area contributed by atoms with Crippen LogP contribution in [0.5, 0.6) is 5.75 Å². The summed E-state index contributed by atoms with van der Waals surface area (Å²) in [6.45, 7) is 4.61. The van der Waals surface area contributed by atoms with E-state index in [-0.39, 0.29) is 5.75 Å². The van der Waals surface area contributed by atoms with Crippen molar-refractivity contribution in [3.8, 4) is 28.1 Å². The van der Waals surface area contributed by atoms with Gasteiger partial charge in [-0.3, -0.25) is 5.10 Å². The second-order valence-corrected chi connectivity index (χ2v) is 8.26. The van der Waals surface area contributed by atoms with E-state index in [0.717, 1.165) is 63.2 Å². The van der Waals surface area contributed by atoms with Gasteiger partial charge in [-0.1, -0.05) is 6.07 Å². The molecule has 1 aromatic carbocycles. The maximum atomic E-state index is 10.5. The number of nitrogens with zero attached hydrogens (tertiary/aromatic N) is 5. The smallest absolute Gasteiger partial charge is 0.245 e. The first-order valence-corrected chi connectivity index (χ1v) is 10.8. The molecule has 0 unspecified atom stereocenters. The van der Waals surface area contributed by atoms with Gasteiger partial charge in [0.1, 0.15) is 11.4 Å². The first kappa shape index (κ1) is 19.9. The SMILES string of the molecule is Oc1cc(-c2cn[nH]c2)ccc1-c1cnc(N2CC[C@@H](CNC3CCOCC3)C2)nn1. The quantitative estimate of drug-likeness (QED) is 0.556. The maximum Gasteiger partial charge on any atom is 0.245 e.